The summed E-state index contributed by atoms with van der Waals surface area (Å²) in [5.74, 6) is -9.63. The van der Waals surface area contributed by atoms with Crippen LogP contribution in [0.15, 0.2) is 22.1 Å². The first-order valence-electron chi connectivity index (χ1n) is 7.26. The van der Waals surface area contributed by atoms with Crippen molar-refractivity contribution < 1.29 is 27.9 Å². The number of ketones is 1. The van der Waals surface area contributed by atoms with Gasteiger partial charge >= 0.3 is 5.97 Å². The van der Waals surface area contributed by atoms with Crippen molar-refractivity contribution in [1.82, 2.24) is 0 Å². The summed E-state index contributed by atoms with van der Waals surface area (Å²) in [4.78, 5) is 31.9. The van der Waals surface area contributed by atoms with Gasteiger partial charge in [-0.05, 0) is 19.1 Å². The maximum absolute atomic E-state index is 14.3. The molecular formula is C16H13F3N2O3. The topological polar surface area (TPSA) is 79.1 Å². The van der Waals surface area contributed by atoms with E-state index >= 15 is 0 Å². The molecule has 0 spiro atoms. The van der Waals surface area contributed by atoms with Crippen molar-refractivity contribution in [3.05, 3.63) is 35.1 Å². The Morgan fingerprint density at radius 3 is 2.54 bits per heavy atom. The first-order valence-corrected chi connectivity index (χ1v) is 7.26. The standard InChI is InChI=1S/C16H13F3N2O3/c1-6-11(16(23)24)14(12-7(17)2-3-8(18)15(12)19)13-9(21-6)4-20-5-10(13)22/h2-4,9,11,13-14H,5H2,1H3,(H,23,24). The molecule has 2 aliphatic heterocycles. The van der Waals surface area contributed by atoms with Crippen LogP contribution in [0.5, 0.6) is 0 Å². The highest BCUT2D eigenvalue weighted by Crippen LogP contribution is 2.43. The van der Waals surface area contributed by atoms with E-state index in [1.165, 1.54) is 13.1 Å². The number of aliphatic imine (C=N–C) groups is 2. The number of nitrogens with zero attached hydrogens (tertiary/aromatic N) is 2. The van der Waals surface area contributed by atoms with Gasteiger partial charge in [-0.15, -0.1) is 0 Å². The van der Waals surface area contributed by atoms with E-state index in [-0.39, 0.29) is 12.3 Å². The molecule has 8 heteroatoms. The zero-order valence-corrected chi connectivity index (χ0v) is 12.5. The number of carboxylic acids is 1. The van der Waals surface area contributed by atoms with Crippen LogP contribution in [0.25, 0.3) is 0 Å². The highest BCUT2D eigenvalue weighted by atomic mass is 19.2. The van der Waals surface area contributed by atoms with E-state index in [0.29, 0.717) is 6.07 Å². The number of hydrogen-bond donors (Lipinski definition) is 1. The van der Waals surface area contributed by atoms with Crippen molar-refractivity contribution >= 4 is 23.7 Å². The minimum atomic E-state index is -1.48. The fourth-order valence-electron chi connectivity index (χ4n) is 3.48. The molecule has 0 saturated carbocycles. The molecule has 0 fully saturated rings. The molecule has 126 valence electrons. The van der Waals surface area contributed by atoms with Gasteiger partial charge in [0.2, 0.25) is 0 Å². The summed E-state index contributed by atoms with van der Waals surface area (Å²) >= 11 is 0. The molecule has 1 N–H and O–H groups in total. The van der Waals surface area contributed by atoms with E-state index in [1.807, 2.05) is 0 Å². The number of carbonyl (C=O) groups excluding carboxylic acids is 1. The Balaban J connectivity index is 2.27. The molecule has 3 rings (SSSR count). The average Bonchev–Trinajstić information content (AvgIpc) is 2.50. The number of aliphatic carboxylic acids is 1. The number of benzene rings is 1. The molecule has 1 aromatic rings. The summed E-state index contributed by atoms with van der Waals surface area (Å²) in [6, 6.07) is 0.536. The second kappa shape index (κ2) is 5.85. The first kappa shape index (κ1) is 16.4. The van der Waals surface area contributed by atoms with Crippen molar-refractivity contribution in [2.75, 3.05) is 6.54 Å². The van der Waals surface area contributed by atoms with E-state index in [2.05, 4.69) is 9.98 Å². The average molecular weight is 338 g/mol. The Hall–Kier alpha value is -2.51. The van der Waals surface area contributed by atoms with Crippen molar-refractivity contribution in [2.24, 2.45) is 21.8 Å². The van der Waals surface area contributed by atoms with Crippen LogP contribution in [0.2, 0.25) is 0 Å². The highest BCUT2D eigenvalue weighted by Gasteiger charge is 2.50. The SMILES string of the molecule is CC1=NC2C=NCC(=O)C2C(c2c(F)ccc(F)c2F)C1C(=O)O. The van der Waals surface area contributed by atoms with Gasteiger partial charge in [0.25, 0.3) is 0 Å². The van der Waals surface area contributed by atoms with Crippen molar-refractivity contribution in [1.29, 1.82) is 0 Å². The Kier molecular flexibility index (Phi) is 3.98. The Bertz CT molecular complexity index is 791. The molecule has 24 heavy (non-hydrogen) atoms. The molecule has 2 heterocycles. The van der Waals surface area contributed by atoms with Crippen LogP contribution >= 0.6 is 0 Å². The molecule has 2 aliphatic rings. The summed E-state index contributed by atoms with van der Waals surface area (Å²) in [7, 11) is 0. The third-order valence-corrected chi connectivity index (χ3v) is 4.47. The van der Waals surface area contributed by atoms with E-state index in [4.69, 9.17) is 0 Å². The maximum Gasteiger partial charge on any atom is 0.312 e. The monoisotopic (exact) mass is 338 g/mol. The van der Waals surface area contributed by atoms with Gasteiger partial charge in [0.05, 0.1) is 18.5 Å². The summed E-state index contributed by atoms with van der Waals surface area (Å²) in [5, 5.41) is 9.50. The smallest absolute Gasteiger partial charge is 0.312 e. The number of halogens is 3. The quantitative estimate of drug-likeness (QED) is 0.838. The largest absolute Gasteiger partial charge is 0.481 e. The third-order valence-electron chi connectivity index (χ3n) is 4.47. The molecule has 0 amide bonds. The lowest BCUT2D eigenvalue weighted by atomic mass is 9.67. The van der Waals surface area contributed by atoms with Crippen molar-refractivity contribution in [2.45, 2.75) is 18.9 Å². The second-order valence-electron chi connectivity index (χ2n) is 5.84. The summed E-state index contributed by atoms with van der Waals surface area (Å²) in [6.45, 7) is 1.18. The molecular weight excluding hydrogens is 325 g/mol. The normalized spacial score (nSPS) is 29.2. The molecule has 0 aliphatic carbocycles. The molecule has 0 aromatic heterocycles. The summed E-state index contributed by atoms with van der Waals surface area (Å²) in [5.41, 5.74) is -0.617. The van der Waals surface area contributed by atoms with Gasteiger partial charge in [0.15, 0.2) is 17.4 Å². The number of rotatable bonds is 2. The number of hydrogen-bond acceptors (Lipinski definition) is 4. The van der Waals surface area contributed by atoms with Crippen LogP contribution in [0.4, 0.5) is 13.2 Å². The van der Waals surface area contributed by atoms with Gasteiger partial charge in [-0.25, -0.2) is 13.2 Å². The molecule has 4 unspecified atom stereocenters. The van der Waals surface area contributed by atoms with Gasteiger partial charge in [-0.2, -0.15) is 0 Å². The van der Waals surface area contributed by atoms with Gasteiger partial charge in [-0.1, -0.05) is 0 Å². The Morgan fingerprint density at radius 1 is 1.21 bits per heavy atom. The van der Waals surface area contributed by atoms with Crippen LogP contribution < -0.4 is 0 Å². The molecule has 5 nitrogen and oxygen atoms in total. The predicted octanol–water partition coefficient (Wildman–Crippen LogP) is 2.00. The molecule has 0 saturated heterocycles. The van der Waals surface area contributed by atoms with E-state index < -0.39 is 58.6 Å². The Labute approximate surface area is 134 Å². The van der Waals surface area contributed by atoms with E-state index in [1.54, 1.807) is 0 Å². The van der Waals surface area contributed by atoms with Crippen molar-refractivity contribution in [3.63, 3.8) is 0 Å². The van der Waals surface area contributed by atoms with Crippen LogP contribution in [-0.4, -0.2) is 41.4 Å². The lowest BCUT2D eigenvalue weighted by molar-refractivity contribution is -0.141. The van der Waals surface area contributed by atoms with E-state index in [0.717, 1.165) is 6.07 Å². The fourth-order valence-corrected chi connectivity index (χ4v) is 3.48. The summed E-state index contributed by atoms with van der Waals surface area (Å²) < 4.78 is 42.2. The van der Waals surface area contributed by atoms with Crippen LogP contribution in [-0.2, 0) is 9.59 Å². The highest BCUT2D eigenvalue weighted by molar-refractivity contribution is 6.05. The zero-order chi connectivity index (χ0) is 17.6. The number of carboxylic acid groups (broad SMARTS) is 1. The predicted molar refractivity (Wildman–Crippen MR) is 78.9 cm³/mol. The van der Waals surface area contributed by atoms with Gasteiger partial charge in [-0.3, -0.25) is 19.6 Å². The van der Waals surface area contributed by atoms with Crippen molar-refractivity contribution in [3.8, 4) is 0 Å². The lowest BCUT2D eigenvalue weighted by Gasteiger charge is -2.39. The number of carbonyl (C=O) groups is 2. The number of Topliss-reactive ketones (excluding diaryl/α,β-unsaturated/α-hetero) is 1. The van der Waals surface area contributed by atoms with Gasteiger partial charge in [0, 0.05) is 23.4 Å². The molecule has 1 aromatic carbocycles. The van der Waals surface area contributed by atoms with Gasteiger partial charge < -0.3 is 5.11 Å². The second-order valence-corrected chi connectivity index (χ2v) is 5.84. The minimum absolute atomic E-state index is 0.109. The van der Waals surface area contributed by atoms with Gasteiger partial charge in [0.1, 0.15) is 11.7 Å². The fraction of sp³-hybridized carbons (Fsp3) is 0.375. The molecule has 0 radical (unpaired) electrons. The van der Waals surface area contributed by atoms with Crippen LogP contribution in [0.3, 0.4) is 0 Å². The minimum Gasteiger partial charge on any atom is -0.481 e. The third kappa shape index (κ3) is 2.42. The number of fused-ring (bicyclic) bond motifs is 1. The maximum atomic E-state index is 14.3. The molecule has 4 atom stereocenters. The first-order chi connectivity index (χ1) is 11.3. The molecule has 0 bridgehead atoms. The lowest BCUT2D eigenvalue weighted by Crippen LogP contribution is -2.48. The zero-order valence-electron chi connectivity index (χ0n) is 12.5. The van der Waals surface area contributed by atoms with Crippen LogP contribution in [0, 0.1) is 29.3 Å². The van der Waals surface area contributed by atoms with E-state index in [9.17, 15) is 27.9 Å². The van der Waals surface area contributed by atoms with Crippen LogP contribution in [0.1, 0.15) is 18.4 Å². The Morgan fingerprint density at radius 2 is 1.88 bits per heavy atom. The summed E-state index contributed by atoms with van der Waals surface area (Å²) in [6.07, 6.45) is 1.37.